The van der Waals surface area contributed by atoms with Gasteiger partial charge in [-0.2, -0.15) is 0 Å². The highest BCUT2D eigenvalue weighted by Crippen LogP contribution is 2.28. The van der Waals surface area contributed by atoms with E-state index in [1.54, 1.807) is 49.4 Å². The second-order valence-corrected chi connectivity index (χ2v) is 10.4. The lowest BCUT2D eigenvalue weighted by molar-refractivity contribution is -0.139. The molecule has 11 heteroatoms. The average molecular weight is 548 g/mol. The van der Waals surface area contributed by atoms with Crippen molar-refractivity contribution in [1.82, 2.24) is 10.2 Å². The molecule has 3 aromatic carbocycles. The number of nitrogens with one attached hydrogen (secondary N) is 1. The Balaban J connectivity index is 2.03. The molecule has 1 N–H and O–H groups in total. The molecule has 0 aliphatic carbocycles. The maximum Gasteiger partial charge on any atom is 0.264 e. The highest BCUT2D eigenvalue weighted by atomic mass is 35.5. The SMILES string of the molecule is CNC(=O)[C@@H](C)N(Cc1ccc(OC)cc1)C(=O)CN(c1ccc(F)c(Cl)c1)S(=O)(=O)c1ccccc1. The van der Waals surface area contributed by atoms with Gasteiger partial charge in [-0.3, -0.25) is 13.9 Å². The van der Waals surface area contributed by atoms with Crippen LogP contribution in [0.5, 0.6) is 5.75 Å². The van der Waals surface area contributed by atoms with Gasteiger partial charge in [-0.05, 0) is 55.0 Å². The number of anilines is 1. The molecule has 8 nitrogen and oxygen atoms in total. The molecule has 2 amide bonds. The lowest BCUT2D eigenvalue weighted by Gasteiger charge is -2.31. The van der Waals surface area contributed by atoms with Crippen molar-refractivity contribution in [2.75, 3.05) is 25.0 Å². The number of carbonyl (C=O) groups excluding carboxylic acids is 2. The van der Waals surface area contributed by atoms with Gasteiger partial charge < -0.3 is 15.0 Å². The average Bonchev–Trinajstić information content (AvgIpc) is 2.91. The van der Waals surface area contributed by atoms with Gasteiger partial charge in [-0.25, -0.2) is 12.8 Å². The third-order valence-electron chi connectivity index (χ3n) is 5.73. The number of hydrogen-bond acceptors (Lipinski definition) is 5. The monoisotopic (exact) mass is 547 g/mol. The number of ether oxygens (including phenoxy) is 1. The van der Waals surface area contributed by atoms with Crippen LogP contribution >= 0.6 is 11.6 Å². The number of sulfonamides is 1. The Kier molecular flexibility index (Phi) is 9.12. The van der Waals surface area contributed by atoms with Crippen LogP contribution in [0, 0.1) is 5.82 Å². The van der Waals surface area contributed by atoms with Gasteiger partial charge in [0.2, 0.25) is 11.8 Å². The number of carbonyl (C=O) groups is 2. The van der Waals surface area contributed by atoms with Crippen LogP contribution in [0.2, 0.25) is 5.02 Å². The molecule has 3 aromatic rings. The predicted octanol–water partition coefficient (Wildman–Crippen LogP) is 3.85. The number of rotatable bonds is 10. The molecule has 0 aromatic heterocycles. The van der Waals surface area contributed by atoms with Crippen LogP contribution in [-0.2, 0) is 26.2 Å². The molecule has 0 radical (unpaired) electrons. The summed E-state index contributed by atoms with van der Waals surface area (Å²) >= 11 is 5.94. The van der Waals surface area contributed by atoms with Gasteiger partial charge in [0, 0.05) is 13.6 Å². The van der Waals surface area contributed by atoms with E-state index in [0.717, 1.165) is 16.4 Å². The van der Waals surface area contributed by atoms with E-state index in [2.05, 4.69) is 5.32 Å². The summed E-state index contributed by atoms with van der Waals surface area (Å²) in [5, 5.41) is 2.22. The van der Waals surface area contributed by atoms with Crippen molar-refractivity contribution in [2.45, 2.75) is 24.4 Å². The highest BCUT2D eigenvalue weighted by molar-refractivity contribution is 7.92. The third-order valence-corrected chi connectivity index (χ3v) is 7.80. The number of amides is 2. The van der Waals surface area contributed by atoms with Crippen LogP contribution in [0.4, 0.5) is 10.1 Å². The summed E-state index contributed by atoms with van der Waals surface area (Å²) in [6.45, 7) is 0.919. The van der Waals surface area contributed by atoms with Gasteiger partial charge in [0.25, 0.3) is 10.0 Å². The van der Waals surface area contributed by atoms with E-state index in [0.29, 0.717) is 11.3 Å². The summed E-state index contributed by atoms with van der Waals surface area (Å²) in [6.07, 6.45) is 0. The van der Waals surface area contributed by atoms with E-state index in [1.165, 1.54) is 37.3 Å². The highest BCUT2D eigenvalue weighted by Gasteiger charge is 2.32. The molecular weight excluding hydrogens is 521 g/mol. The predicted molar refractivity (Wildman–Crippen MR) is 139 cm³/mol. The maximum absolute atomic E-state index is 13.9. The van der Waals surface area contributed by atoms with Crippen LogP contribution < -0.4 is 14.4 Å². The lowest BCUT2D eigenvalue weighted by Crippen LogP contribution is -2.50. The van der Waals surface area contributed by atoms with Crippen LogP contribution in [0.3, 0.4) is 0 Å². The molecule has 0 fully saturated rings. The summed E-state index contributed by atoms with van der Waals surface area (Å²) in [4.78, 5) is 27.4. The first-order valence-corrected chi connectivity index (χ1v) is 13.1. The fourth-order valence-corrected chi connectivity index (χ4v) is 5.21. The number of likely N-dealkylation sites (N-methyl/N-ethyl adjacent to an activating group) is 1. The van der Waals surface area contributed by atoms with E-state index >= 15 is 0 Å². The van der Waals surface area contributed by atoms with Crippen molar-refractivity contribution < 1.29 is 27.1 Å². The molecule has 0 unspecified atom stereocenters. The Morgan fingerprint density at radius 1 is 1.05 bits per heavy atom. The minimum absolute atomic E-state index is 0.000552. The summed E-state index contributed by atoms with van der Waals surface area (Å²) in [5.41, 5.74) is 0.702. The summed E-state index contributed by atoms with van der Waals surface area (Å²) in [5.74, 6) is -1.19. The number of methoxy groups -OCH3 is 1. The largest absolute Gasteiger partial charge is 0.497 e. The summed E-state index contributed by atoms with van der Waals surface area (Å²) in [7, 11) is -1.28. The van der Waals surface area contributed by atoms with Gasteiger partial charge in [0.05, 0.1) is 22.7 Å². The number of halogens is 2. The van der Waals surface area contributed by atoms with E-state index in [1.807, 2.05) is 0 Å². The van der Waals surface area contributed by atoms with Crippen molar-refractivity contribution in [3.8, 4) is 5.75 Å². The first kappa shape index (κ1) is 27.9. The van der Waals surface area contributed by atoms with Gasteiger partial charge in [-0.1, -0.05) is 41.9 Å². The van der Waals surface area contributed by atoms with Crippen molar-refractivity contribution in [3.63, 3.8) is 0 Å². The van der Waals surface area contributed by atoms with E-state index in [-0.39, 0.29) is 22.2 Å². The quantitative estimate of drug-likeness (QED) is 0.416. The van der Waals surface area contributed by atoms with Crippen LogP contribution in [-0.4, -0.2) is 51.9 Å². The number of nitrogens with zero attached hydrogens (tertiary/aromatic N) is 2. The van der Waals surface area contributed by atoms with E-state index in [4.69, 9.17) is 16.3 Å². The zero-order chi connectivity index (χ0) is 27.2. The molecule has 0 aliphatic rings. The Morgan fingerprint density at radius 3 is 2.27 bits per heavy atom. The molecule has 37 heavy (non-hydrogen) atoms. The second kappa shape index (κ2) is 12.1. The van der Waals surface area contributed by atoms with Crippen molar-refractivity contribution >= 4 is 39.1 Å². The first-order chi connectivity index (χ1) is 17.6. The van der Waals surface area contributed by atoms with Crippen LogP contribution in [0.25, 0.3) is 0 Å². The normalized spacial score (nSPS) is 11.9. The minimum Gasteiger partial charge on any atom is -0.497 e. The van der Waals surface area contributed by atoms with Crippen LogP contribution in [0.15, 0.2) is 77.7 Å². The Hall–Kier alpha value is -3.63. The van der Waals surface area contributed by atoms with Crippen LogP contribution in [0.1, 0.15) is 12.5 Å². The summed E-state index contributed by atoms with van der Waals surface area (Å²) < 4.78 is 47.1. The minimum atomic E-state index is -4.26. The van der Waals surface area contributed by atoms with Gasteiger partial charge in [0.1, 0.15) is 24.2 Å². The van der Waals surface area contributed by atoms with E-state index < -0.39 is 40.2 Å². The molecule has 0 spiro atoms. The lowest BCUT2D eigenvalue weighted by atomic mass is 10.1. The Labute approximate surface area is 220 Å². The molecule has 0 heterocycles. The fourth-order valence-electron chi connectivity index (χ4n) is 3.61. The second-order valence-electron chi connectivity index (χ2n) is 8.08. The topological polar surface area (TPSA) is 96.0 Å². The molecule has 0 bridgehead atoms. The van der Waals surface area contributed by atoms with E-state index in [9.17, 15) is 22.4 Å². The first-order valence-electron chi connectivity index (χ1n) is 11.2. The molecule has 1 atom stereocenters. The Morgan fingerprint density at radius 2 is 1.70 bits per heavy atom. The molecule has 3 rings (SSSR count). The van der Waals surface area contributed by atoms with Crippen molar-refractivity contribution in [3.05, 3.63) is 89.2 Å². The van der Waals surface area contributed by atoms with Gasteiger partial charge in [0.15, 0.2) is 0 Å². The zero-order valence-electron chi connectivity index (χ0n) is 20.5. The molecule has 0 aliphatic heterocycles. The summed E-state index contributed by atoms with van der Waals surface area (Å²) in [6, 6.07) is 16.9. The molecule has 0 saturated carbocycles. The zero-order valence-corrected chi connectivity index (χ0v) is 22.1. The number of hydrogen-bond donors (Lipinski definition) is 1. The standard InChI is InChI=1S/C26H27ClFN3O5S/c1-18(26(33)29-2)30(16-19-9-12-21(36-3)13-10-19)25(32)17-31(20-11-14-24(28)23(27)15-20)37(34,35)22-7-5-4-6-8-22/h4-15,18H,16-17H2,1-3H3,(H,29,33)/t18-/m1/s1. The smallest absolute Gasteiger partial charge is 0.264 e. The number of benzene rings is 3. The van der Waals surface area contributed by atoms with Crippen molar-refractivity contribution in [1.29, 1.82) is 0 Å². The molecule has 196 valence electrons. The fraction of sp³-hybridized carbons (Fsp3) is 0.231. The van der Waals surface area contributed by atoms with Crippen molar-refractivity contribution in [2.24, 2.45) is 0 Å². The van der Waals surface area contributed by atoms with Gasteiger partial charge in [-0.15, -0.1) is 0 Å². The Bertz CT molecular complexity index is 1350. The maximum atomic E-state index is 13.9. The third kappa shape index (κ3) is 6.58. The molecule has 0 saturated heterocycles. The molecular formula is C26H27ClFN3O5S. The van der Waals surface area contributed by atoms with Gasteiger partial charge >= 0.3 is 0 Å².